The van der Waals surface area contributed by atoms with E-state index < -0.39 is 6.10 Å². The molecule has 0 fully saturated rings. The molecule has 1 heterocycles. The molecule has 1 atom stereocenters. The molecule has 5 heteroatoms. The normalized spacial score (nSPS) is 12.7. The summed E-state index contributed by atoms with van der Waals surface area (Å²) in [7, 11) is 0. The number of halogens is 2. The van der Waals surface area contributed by atoms with Crippen molar-refractivity contribution < 1.29 is 9.84 Å². The summed E-state index contributed by atoms with van der Waals surface area (Å²) in [5, 5.41) is 10.5. The summed E-state index contributed by atoms with van der Waals surface area (Å²) in [5.41, 5.74) is 0.789. The van der Waals surface area contributed by atoms with Crippen molar-refractivity contribution in [1.82, 2.24) is 0 Å². The monoisotopic (exact) mass is 404 g/mol. The molecule has 102 valence electrons. The Balaban J connectivity index is 2.35. The first-order valence-corrected chi connectivity index (χ1v) is 8.27. The second-order valence-corrected chi connectivity index (χ2v) is 7.63. The van der Waals surface area contributed by atoms with Crippen molar-refractivity contribution in [3.8, 4) is 5.75 Å². The van der Waals surface area contributed by atoms with Gasteiger partial charge in [-0.3, -0.25) is 0 Å². The molecule has 0 bridgehead atoms. The quantitative estimate of drug-likeness (QED) is 0.762. The lowest BCUT2D eigenvalue weighted by atomic mass is 10.1. The first-order chi connectivity index (χ1) is 8.99. The Morgan fingerprint density at radius 3 is 2.47 bits per heavy atom. The van der Waals surface area contributed by atoms with Gasteiger partial charge in [-0.25, -0.2) is 0 Å². The van der Waals surface area contributed by atoms with E-state index in [9.17, 15) is 5.11 Å². The minimum Gasteiger partial charge on any atom is -0.491 e. The van der Waals surface area contributed by atoms with Gasteiger partial charge in [0.05, 0.1) is 9.89 Å². The van der Waals surface area contributed by atoms with Crippen LogP contribution in [-0.2, 0) is 0 Å². The third-order valence-corrected chi connectivity index (χ3v) is 5.82. The minimum atomic E-state index is -0.678. The van der Waals surface area contributed by atoms with E-state index in [1.54, 1.807) is 0 Å². The summed E-state index contributed by atoms with van der Waals surface area (Å²) >= 11 is 8.39. The molecule has 19 heavy (non-hydrogen) atoms. The lowest BCUT2D eigenvalue weighted by Crippen LogP contribution is -2.09. The van der Waals surface area contributed by atoms with Crippen molar-refractivity contribution in [1.29, 1.82) is 0 Å². The average Bonchev–Trinajstić information content (AvgIpc) is 2.69. The van der Waals surface area contributed by atoms with E-state index in [2.05, 4.69) is 31.9 Å². The van der Waals surface area contributed by atoms with Crippen LogP contribution >= 0.6 is 43.2 Å². The number of thiophene rings is 1. The molecule has 0 spiro atoms. The SMILES string of the molecule is CC(C)Oc1ccccc1C(O)c1cc(Br)c(Br)s1. The summed E-state index contributed by atoms with van der Waals surface area (Å²) in [6.45, 7) is 3.95. The fraction of sp³-hybridized carbons (Fsp3) is 0.286. The number of rotatable bonds is 4. The maximum absolute atomic E-state index is 10.5. The molecule has 0 aliphatic carbocycles. The van der Waals surface area contributed by atoms with Gasteiger partial charge >= 0.3 is 0 Å². The highest BCUT2D eigenvalue weighted by molar-refractivity contribution is 9.13. The first-order valence-electron chi connectivity index (χ1n) is 5.87. The van der Waals surface area contributed by atoms with Crippen LogP contribution in [-0.4, -0.2) is 11.2 Å². The van der Waals surface area contributed by atoms with Gasteiger partial charge in [0.25, 0.3) is 0 Å². The van der Waals surface area contributed by atoms with Crippen LogP contribution in [0.4, 0.5) is 0 Å². The van der Waals surface area contributed by atoms with Crippen LogP contribution in [0.15, 0.2) is 38.6 Å². The zero-order valence-corrected chi connectivity index (χ0v) is 14.5. The van der Waals surface area contributed by atoms with Crippen LogP contribution in [0.25, 0.3) is 0 Å². The van der Waals surface area contributed by atoms with Gasteiger partial charge in [0.1, 0.15) is 11.9 Å². The van der Waals surface area contributed by atoms with Gasteiger partial charge in [0, 0.05) is 14.9 Å². The van der Waals surface area contributed by atoms with Crippen molar-refractivity contribution in [3.63, 3.8) is 0 Å². The highest BCUT2D eigenvalue weighted by Gasteiger charge is 2.19. The van der Waals surface area contributed by atoms with Gasteiger partial charge in [-0.2, -0.15) is 0 Å². The summed E-state index contributed by atoms with van der Waals surface area (Å²) in [6, 6.07) is 9.52. The number of hydrogen-bond acceptors (Lipinski definition) is 3. The summed E-state index contributed by atoms with van der Waals surface area (Å²) < 4.78 is 7.67. The maximum atomic E-state index is 10.5. The number of benzene rings is 1. The standard InChI is InChI=1S/C14H14Br2O2S/c1-8(2)18-11-6-4-3-5-9(11)13(17)12-7-10(15)14(16)19-12/h3-8,13,17H,1-2H3. The Bertz CT molecular complexity index is 547. The van der Waals surface area contributed by atoms with E-state index in [1.165, 1.54) is 11.3 Å². The number of aliphatic hydroxyl groups excluding tert-OH is 1. The average molecular weight is 406 g/mol. The Kier molecular flexibility index (Phi) is 5.06. The molecule has 1 aromatic heterocycles. The maximum Gasteiger partial charge on any atom is 0.125 e. The summed E-state index contributed by atoms with van der Waals surface area (Å²) in [5.74, 6) is 0.727. The molecular weight excluding hydrogens is 392 g/mol. The third kappa shape index (κ3) is 3.60. The molecule has 0 saturated carbocycles. The molecule has 1 N–H and O–H groups in total. The predicted molar refractivity (Wildman–Crippen MR) is 86.0 cm³/mol. The number of para-hydroxylation sites is 1. The topological polar surface area (TPSA) is 29.5 Å². The Morgan fingerprint density at radius 2 is 1.89 bits per heavy atom. The smallest absolute Gasteiger partial charge is 0.125 e. The number of aliphatic hydroxyl groups is 1. The van der Waals surface area contributed by atoms with Crippen LogP contribution in [0.2, 0.25) is 0 Å². The molecule has 2 aromatic rings. The molecule has 1 unspecified atom stereocenters. The lowest BCUT2D eigenvalue weighted by molar-refractivity contribution is 0.200. The third-order valence-electron chi connectivity index (χ3n) is 2.51. The van der Waals surface area contributed by atoms with Gasteiger partial charge in [-0.1, -0.05) is 18.2 Å². The lowest BCUT2D eigenvalue weighted by Gasteiger charge is -2.17. The van der Waals surface area contributed by atoms with Gasteiger partial charge < -0.3 is 9.84 Å². The zero-order chi connectivity index (χ0) is 14.0. The van der Waals surface area contributed by atoms with Crippen LogP contribution in [0.5, 0.6) is 5.75 Å². The fourth-order valence-electron chi connectivity index (χ4n) is 1.72. The molecule has 0 aliphatic heterocycles. The molecule has 2 rings (SSSR count). The van der Waals surface area contributed by atoms with Crippen molar-refractivity contribution in [3.05, 3.63) is 49.0 Å². The van der Waals surface area contributed by atoms with Crippen LogP contribution in [0, 0.1) is 0 Å². The van der Waals surface area contributed by atoms with E-state index in [4.69, 9.17) is 4.74 Å². The van der Waals surface area contributed by atoms with Gasteiger partial charge in [0.2, 0.25) is 0 Å². The van der Waals surface area contributed by atoms with Crippen molar-refractivity contribution in [2.24, 2.45) is 0 Å². The molecule has 1 aromatic carbocycles. The Morgan fingerprint density at radius 1 is 1.21 bits per heavy atom. The van der Waals surface area contributed by atoms with Crippen LogP contribution in [0.3, 0.4) is 0 Å². The summed E-state index contributed by atoms with van der Waals surface area (Å²) in [6.07, 6.45) is -0.599. The van der Waals surface area contributed by atoms with Gasteiger partial charge in [-0.15, -0.1) is 11.3 Å². The van der Waals surface area contributed by atoms with E-state index >= 15 is 0 Å². The van der Waals surface area contributed by atoms with Crippen molar-refractivity contribution >= 4 is 43.2 Å². The van der Waals surface area contributed by atoms with Crippen LogP contribution < -0.4 is 4.74 Å². The highest BCUT2D eigenvalue weighted by atomic mass is 79.9. The molecular formula is C14H14Br2O2S. The van der Waals surface area contributed by atoms with E-state index in [1.807, 2.05) is 44.2 Å². The van der Waals surface area contributed by atoms with E-state index in [0.29, 0.717) is 0 Å². The second-order valence-electron chi connectivity index (χ2n) is 4.38. The Labute approximate surface area is 133 Å². The number of hydrogen-bond donors (Lipinski definition) is 1. The van der Waals surface area contributed by atoms with E-state index in [-0.39, 0.29) is 6.10 Å². The van der Waals surface area contributed by atoms with Crippen LogP contribution in [0.1, 0.15) is 30.4 Å². The second kappa shape index (κ2) is 6.39. The largest absolute Gasteiger partial charge is 0.491 e. The molecule has 2 nitrogen and oxygen atoms in total. The molecule has 0 radical (unpaired) electrons. The summed E-state index contributed by atoms with van der Waals surface area (Å²) in [4.78, 5) is 0.874. The highest BCUT2D eigenvalue weighted by Crippen LogP contribution is 2.39. The van der Waals surface area contributed by atoms with Gasteiger partial charge in [-0.05, 0) is 57.8 Å². The van der Waals surface area contributed by atoms with Crippen molar-refractivity contribution in [2.45, 2.75) is 26.1 Å². The van der Waals surface area contributed by atoms with Gasteiger partial charge in [0.15, 0.2) is 0 Å². The molecule has 0 saturated heterocycles. The zero-order valence-electron chi connectivity index (χ0n) is 10.6. The van der Waals surface area contributed by atoms with Crippen molar-refractivity contribution in [2.75, 3.05) is 0 Å². The minimum absolute atomic E-state index is 0.0788. The predicted octanol–water partition coefficient (Wildman–Crippen LogP) is 5.14. The fourth-order valence-corrected chi connectivity index (χ4v) is 3.81. The first kappa shape index (κ1) is 15.0. The number of ether oxygens (including phenoxy) is 1. The molecule has 0 aliphatic rings. The Hall–Kier alpha value is -0.360. The molecule has 0 amide bonds. The van der Waals surface area contributed by atoms with E-state index in [0.717, 1.165) is 24.4 Å².